The van der Waals surface area contributed by atoms with Crippen molar-refractivity contribution in [2.75, 3.05) is 7.11 Å². The van der Waals surface area contributed by atoms with Gasteiger partial charge in [-0.1, -0.05) is 10.0 Å². The number of rotatable bonds is 1. The minimum absolute atomic E-state index is 0. The van der Waals surface area contributed by atoms with Gasteiger partial charge >= 0.3 is 18.9 Å². The van der Waals surface area contributed by atoms with Gasteiger partial charge in [0.25, 0.3) is 0 Å². The summed E-state index contributed by atoms with van der Waals surface area (Å²) >= 11 is 11.2. The SMILES string of the molecule is COc1[c-]c(Cl)c(Cl)cc1.[Li+]. The fraction of sp³-hybridized carbons (Fsp3) is 0.143. The summed E-state index contributed by atoms with van der Waals surface area (Å²) in [6.07, 6.45) is 0. The summed E-state index contributed by atoms with van der Waals surface area (Å²) in [5.74, 6) is 0.592. The van der Waals surface area contributed by atoms with Crippen LogP contribution in [0, 0.1) is 6.07 Å². The molecule has 54 valence electrons. The van der Waals surface area contributed by atoms with E-state index >= 15 is 0 Å². The summed E-state index contributed by atoms with van der Waals surface area (Å²) in [7, 11) is 1.55. The van der Waals surface area contributed by atoms with E-state index in [1.807, 2.05) is 0 Å². The van der Waals surface area contributed by atoms with Gasteiger partial charge in [-0.25, -0.2) is 0 Å². The maximum Gasteiger partial charge on any atom is 1.00 e. The normalized spacial score (nSPS) is 8.64. The fourth-order valence-electron chi connectivity index (χ4n) is 0.551. The summed E-state index contributed by atoms with van der Waals surface area (Å²) in [6, 6.07) is 6.10. The van der Waals surface area contributed by atoms with Gasteiger partial charge in [-0.15, -0.1) is 29.8 Å². The Kier molecular flexibility index (Phi) is 5.04. The van der Waals surface area contributed by atoms with Crippen LogP contribution in [0.3, 0.4) is 0 Å². The zero-order chi connectivity index (χ0) is 7.56. The molecule has 0 fully saturated rings. The smallest absolute Gasteiger partial charge is 0.523 e. The predicted molar refractivity (Wildman–Crippen MR) is 41.9 cm³/mol. The average Bonchev–Trinajstić information content (AvgIpc) is 1.95. The third kappa shape index (κ3) is 2.97. The quantitative estimate of drug-likeness (QED) is 0.433. The third-order valence-electron chi connectivity index (χ3n) is 1.04. The van der Waals surface area contributed by atoms with Crippen molar-refractivity contribution in [2.24, 2.45) is 0 Å². The molecule has 11 heavy (non-hydrogen) atoms. The van der Waals surface area contributed by atoms with Gasteiger partial charge in [0.15, 0.2) is 0 Å². The summed E-state index contributed by atoms with van der Waals surface area (Å²) < 4.78 is 4.85. The Bertz CT molecular complexity index is 240. The van der Waals surface area contributed by atoms with Crippen molar-refractivity contribution >= 4 is 23.2 Å². The van der Waals surface area contributed by atoms with E-state index in [0.29, 0.717) is 15.8 Å². The molecule has 0 amide bonds. The first-order valence-corrected chi connectivity index (χ1v) is 3.41. The first kappa shape index (κ1) is 11.2. The van der Waals surface area contributed by atoms with Gasteiger partial charge in [-0.05, 0) is 0 Å². The van der Waals surface area contributed by atoms with Crippen molar-refractivity contribution in [2.45, 2.75) is 0 Å². The van der Waals surface area contributed by atoms with Crippen molar-refractivity contribution in [3.8, 4) is 5.75 Å². The molecule has 0 aliphatic heterocycles. The minimum atomic E-state index is 0. The summed E-state index contributed by atoms with van der Waals surface area (Å²) in [4.78, 5) is 0. The van der Waals surface area contributed by atoms with Gasteiger partial charge in [0.1, 0.15) is 0 Å². The van der Waals surface area contributed by atoms with E-state index in [9.17, 15) is 0 Å². The Morgan fingerprint density at radius 1 is 1.36 bits per heavy atom. The number of methoxy groups -OCH3 is 1. The molecule has 1 nitrogen and oxygen atoms in total. The summed E-state index contributed by atoms with van der Waals surface area (Å²) in [5, 5.41) is 0.878. The summed E-state index contributed by atoms with van der Waals surface area (Å²) in [6.45, 7) is 0. The number of benzene rings is 1. The molecule has 0 aliphatic carbocycles. The van der Waals surface area contributed by atoms with Crippen LogP contribution in [0.5, 0.6) is 5.75 Å². The standard InChI is InChI=1S/C7H5Cl2O.Li/c1-10-5-2-3-6(8)7(9)4-5;/h2-3H,1H3;/q-1;+1. The van der Waals surface area contributed by atoms with Gasteiger partial charge in [-0.2, -0.15) is 11.6 Å². The Labute approximate surface area is 87.8 Å². The van der Waals surface area contributed by atoms with E-state index in [2.05, 4.69) is 6.07 Å². The third-order valence-corrected chi connectivity index (χ3v) is 1.75. The molecule has 0 radical (unpaired) electrons. The van der Waals surface area contributed by atoms with Crippen LogP contribution >= 0.6 is 23.2 Å². The minimum Gasteiger partial charge on any atom is -0.523 e. The van der Waals surface area contributed by atoms with E-state index in [4.69, 9.17) is 27.9 Å². The molecular formula is C7H5Cl2LiO. The number of hydrogen-bond donors (Lipinski definition) is 0. The molecule has 4 heteroatoms. The first-order chi connectivity index (χ1) is 4.74. The van der Waals surface area contributed by atoms with Crippen molar-refractivity contribution in [1.82, 2.24) is 0 Å². The Hall–Kier alpha value is 0.197. The maximum atomic E-state index is 5.63. The molecule has 0 aliphatic rings. The summed E-state index contributed by atoms with van der Waals surface area (Å²) in [5.41, 5.74) is 0. The second kappa shape index (κ2) is 4.95. The van der Waals surface area contributed by atoms with Gasteiger partial charge < -0.3 is 4.74 Å². The van der Waals surface area contributed by atoms with Crippen LogP contribution in [0.4, 0.5) is 0 Å². The van der Waals surface area contributed by atoms with E-state index < -0.39 is 0 Å². The fourth-order valence-corrected chi connectivity index (χ4v) is 0.817. The number of hydrogen-bond acceptors (Lipinski definition) is 1. The monoisotopic (exact) mass is 182 g/mol. The van der Waals surface area contributed by atoms with Crippen LogP contribution in [-0.2, 0) is 0 Å². The van der Waals surface area contributed by atoms with E-state index in [0.717, 1.165) is 0 Å². The molecule has 0 saturated carbocycles. The van der Waals surface area contributed by atoms with Crippen molar-refractivity contribution < 1.29 is 23.6 Å². The van der Waals surface area contributed by atoms with E-state index in [1.54, 1.807) is 19.2 Å². The molecule has 0 bridgehead atoms. The molecule has 0 unspecified atom stereocenters. The molecule has 0 N–H and O–H groups in total. The zero-order valence-electron chi connectivity index (χ0n) is 6.32. The molecule has 0 aromatic heterocycles. The largest absolute Gasteiger partial charge is 1.00 e. The molecule has 1 rings (SSSR count). The van der Waals surface area contributed by atoms with Gasteiger partial charge in [0, 0.05) is 5.75 Å². The van der Waals surface area contributed by atoms with Gasteiger partial charge in [0.2, 0.25) is 0 Å². The average molecular weight is 183 g/mol. The number of ether oxygens (including phenoxy) is 1. The Morgan fingerprint density at radius 2 is 2.00 bits per heavy atom. The molecule has 1 aromatic rings. The Balaban J connectivity index is 0.000001000. The van der Waals surface area contributed by atoms with E-state index in [1.165, 1.54) is 0 Å². The second-order valence-electron chi connectivity index (χ2n) is 1.69. The van der Waals surface area contributed by atoms with Crippen LogP contribution < -0.4 is 23.6 Å². The maximum absolute atomic E-state index is 5.63. The van der Waals surface area contributed by atoms with E-state index in [-0.39, 0.29) is 18.9 Å². The van der Waals surface area contributed by atoms with Crippen LogP contribution in [0.2, 0.25) is 10.0 Å². The van der Waals surface area contributed by atoms with Crippen LogP contribution in [-0.4, -0.2) is 7.11 Å². The molecule has 0 spiro atoms. The molecule has 0 saturated heterocycles. The van der Waals surface area contributed by atoms with Crippen LogP contribution in [0.1, 0.15) is 0 Å². The zero-order valence-corrected chi connectivity index (χ0v) is 7.83. The topological polar surface area (TPSA) is 9.23 Å². The van der Waals surface area contributed by atoms with Gasteiger partial charge in [-0.3, -0.25) is 0 Å². The van der Waals surface area contributed by atoms with Crippen LogP contribution in [0.15, 0.2) is 12.1 Å². The van der Waals surface area contributed by atoms with Gasteiger partial charge in [0.05, 0.1) is 7.11 Å². The second-order valence-corrected chi connectivity index (χ2v) is 2.47. The molecule has 0 atom stereocenters. The number of halogens is 2. The molecule has 0 heterocycles. The van der Waals surface area contributed by atoms with Crippen molar-refractivity contribution in [1.29, 1.82) is 0 Å². The first-order valence-electron chi connectivity index (χ1n) is 2.65. The van der Waals surface area contributed by atoms with Crippen LogP contribution in [0.25, 0.3) is 0 Å². The molecular weight excluding hydrogens is 178 g/mol. The van der Waals surface area contributed by atoms with Crippen molar-refractivity contribution in [3.63, 3.8) is 0 Å². The molecule has 1 aromatic carbocycles. The Morgan fingerprint density at radius 3 is 2.45 bits per heavy atom. The van der Waals surface area contributed by atoms with Crippen molar-refractivity contribution in [3.05, 3.63) is 28.2 Å². The predicted octanol–water partition coefficient (Wildman–Crippen LogP) is -0.194.